The molecule has 0 aromatic heterocycles. The summed E-state index contributed by atoms with van der Waals surface area (Å²) in [5.41, 5.74) is 2.43. The van der Waals surface area contributed by atoms with Crippen LogP contribution in [0, 0.1) is 12.8 Å². The zero-order chi connectivity index (χ0) is 14.8. The smallest absolute Gasteiger partial charge is 0.127 e. The van der Waals surface area contributed by atoms with E-state index < -0.39 is 0 Å². The molecule has 1 aliphatic heterocycles. The van der Waals surface area contributed by atoms with Crippen LogP contribution >= 0.6 is 0 Å². The van der Waals surface area contributed by atoms with Crippen LogP contribution in [0.5, 0.6) is 11.5 Å². The summed E-state index contributed by atoms with van der Waals surface area (Å²) in [7, 11) is 3.53. The lowest BCUT2D eigenvalue weighted by molar-refractivity contribution is 0.150. The summed E-state index contributed by atoms with van der Waals surface area (Å²) in [5.74, 6) is 2.69. The van der Waals surface area contributed by atoms with Crippen molar-refractivity contribution in [2.45, 2.75) is 25.8 Å². The minimum absolute atomic E-state index is 0.428. The fourth-order valence-electron chi connectivity index (χ4n) is 3.45. The molecule has 0 radical (unpaired) electrons. The van der Waals surface area contributed by atoms with Gasteiger partial charge in [-0.3, -0.25) is 4.90 Å². The van der Waals surface area contributed by atoms with E-state index in [1.165, 1.54) is 24.0 Å². The van der Waals surface area contributed by atoms with E-state index in [0.717, 1.165) is 43.6 Å². The molecule has 0 amide bonds. The maximum Gasteiger partial charge on any atom is 0.127 e. The van der Waals surface area contributed by atoms with Crippen LogP contribution < -0.4 is 14.8 Å². The standard InChI is InChI=1S/C17H26N2O2/c1-12-10-14(20-2)16(15(11-12)21-3)17(13-4-5-13)19-8-6-18-7-9-19/h10-11,13,17-18H,4-9H2,1-3H3/t17-/m1/s1. The molecule has 1 atom stereocenters. The van der Waals surface area contributed by atoms with Crippen molar-refractivity contribution in [1.29, 1.82) is 0 Å². The Morgan fingerprint density at radius 2 is 1.67 bits per heavy atom. The largest absolute Gasteiger partial charge is 0.496 e. The first kappa shape index (κ1) is 14.7. The van der Waals surface area contributed by atoms with Gasteiger partial charge in [0.15, 0.2) is 0 Å². The second-order valence-electron chi connectivity index (χ2n) is 6.15. The van der Waals surface area contributed by atoms with Gasteiger partial charge >= 0.3 is 0 Å². The Morgan fingerprint density at radius 3 is 2.14 bits per heavy atom. The van der Waals surface area contributed by atoms with Crippen molar-refractivity contribution in [2.24, 2.45) is 5.92 Å². The predicted molar refractivity (Wildman–Crippen MR) is 84.2 cm³/mol. The van der Waals surface area contributed by atoms with E-state index in [0.29, 0.717) is 6.04 Å². The van der Waals surface area contributed by atoms with Gasteiger partial charge in [0.1, 0.15) is 11.5 Å². The van der Waals surface area contributed by atoms with Gasteiger partial charge < -0.3 is 14.8 Å². The number of rotatable bonds is 5. The molecule has 0 unspecified atom stereocenters. The van der Waals surface area contributed by atoms with Crippen LogP contribution in [0.2, 0.25) is 0 Å². The molecule has 3 rings (SSSR count). The van der Waals surface area contributed by atoms with Crippen LogP contribution in [-0.4, -0.2) is 45.3 Å². The molecule has 4 heteroatoms. The second-order valence-corrected chi connectivity index (χ2v) is 6.15. The van der Waals surface area contributed by atoms with Crippen molar-refractivity contribution < 1.29 is 9.47 Å². The van der Waals surface area contributed by atoms with E-state index in [1.807, 2.05) is 0 Å². The fraction of sp³-hybridized carbons (Fsp3) is 0.647. The molecular formula is C17H26N2O2. The number of benzene rings is 1. The van der Waals surface area contributed by atoms with E-state index in [1.54, 1.807) is 14.2 Å². The quantitative estimate of drug-likeness (QED) is 0.902. The van der Waals surface area contributed by atoms with Crippen LogP contribution in [0.25, 0.3) is 0 Å². The molecule has 1 aromatic rings. The van der Waals surface area contributed by atoms with E-state index in [4.69, 9.17) is 9.47 Å². The normalized spacial score (nSPS) is 21.1. The molecule has 1 aliphatic carbocycles. The third-order valence-electron chi connectivity index (χ3n) is 4.60. The molecule has 1 saturated carbocycles. The zero-order valence-electron chi connectivity index (χ0n) is 13.3. The Labute approximate surface area is 127 Å². The van der Waals surface area contributed by atoms with Gasteiger partial charge in [0.25, 0.3) is 0 Å². The highest BCUT2D eigenvalue weighted by Gasteiger charge is 2.39. The van der Waals surface area contributed by atoms with Crippen molar-refractivity contribution in [3.8, 4) is 11.5 Å². The molecule has 1 aromatic carbocycles. The van der Waals surface area contributed by atoms with Crippen molar-refractivity contribution in [3.05, 3.63) is 23.3 Å². The summed E-state index contributed by atoms with van der Waals surface area (Å²) in [6, 6.07) is 4.70. The summed E-state index contributed by atoms with van der Waals surface area (Å²) in [6.45, 7) is 6.42. The van der Waals surface area contributed by atoms with Crippen molar-refractivity contribution >= 4 is 0 Å². The molecule has 1 N–H and O–H groups in total. The highest BCUT2D eigenvalue weighted by molar-refractivity contribution is 5.50. The number of hydrogen-bond acceptors (Lipinski definition) is 4. The summed E-state index contributed by atoms with van der Waals surface area (Å²) in [5, 5.41) is 3.44. The average molecular weight is 290 g/mol. The number of hydrogen-bond donors (Lipinski definition) is 1. The number of ether oxygens (including phenoxy) is 2. The molecule has 2 aliphatic rings. The average Bonchev–Trinajstić information content (AvgIpc) is 3.34. The lowest BCUT2D eigenvalue weighted by atomic mass is 9.96. The Hall–Kier alpha value is -1.26. The SMILES string of the molecule is COc1cc(C)cc(OC)c1[C@@H](C1CC1)N1CCNCC1. The molecule has 116 valence electrons. The molecule has 0 bridgehead atoms. The van der Waals surface area contributed by atoms with Gasteiger partial charge in [0.05, 0.1) is 19.8 Å². The number of methoxy groups -OCH3 is 2. The Morgan fingerprint density at radius 1 is 1.10 bits per heavy atom. The lowest BCUT2D eigenvalue weighted by Crippen LogP contribution is -2.45. The third-order valence-corrected chi connectivity index (χ3v) is 4.60. The van der Waals surface area contributed by atoms with E-state index in [2.05, 4.69) is 29.3 Å². The fourth-order valence-corrected chi connectivity index (χ4v) is 3.45. The molecule has 4 nitrogen and oxygen atoms in total. The monoisotopic (exact) mass is 290 g/mol. The summed E-state index contributed by atoms with van der Waals surface area (Å²) < 4.78 is 11.4. The van der Waals surface area contributed by atoms with Gasteiger partial charge in [-0.15, -0.1) is 0 Å². The van der Waals surface area contributed by atoms with E-state index in [9.17, 15) is 0 Å². The molecule has 1 saturated heterocycles. The van der Waals surface area contributed by atoms with Crippen molar-refractivity contribution in [2.75, 3.05) is 40.4 Å². The Balaban J connectivity index is 2.01. The summed E-state index contributed by atoms with van der Waals surface area (Å²) in [6.07, 6.45) is 2.63. The molecular weight excluding hydrogens is 264 g/mol. The zero-order valence-corrected chi connectivity index (χ0v) is 13.3. The van der Waals surface area contributed by atoms with Crippen LogP contribution in [0.4, 0.5) is 0 Å². The molecule has 1 heterocycles. The van der Waals surface area contributed by atoms with E-state index >= 15 is 0 Å². The molecule has 2 fully saturated rings. The summed E-state index contributed by atoms with van der Waals surface area (Å²) >= 11 is 0. The van der Waals surface area contributed by atoms with Gasteiger partial charge in [0, 0.05) is 32.2 Å². The minimum Gasteiger partial charge on any atom is -0.496 e. The van der Waals surface area contributed by atoms with Gasteiger partial charge in [-0.2, -0.15) is 0 Å². The van der Waals surface area contributed by atoms with Gasteiger partial charge in [-0.05, 0) is 43.4 Å². The third kappa shape index (κ3) is 3.01. The predicted octanol–water partition coefficient (Wildman–Crippen LogP) is 2.37. The van der Waals surface area contributed by atoms with Crippen LogP contribution in [-0.2, 0) is 0 Å². The second kappa shape index (κ2) is 6.24. The highest BCUT2D eigenvalue weighted by Crippen LogP contribution is 2.50. The number of aryl methyl sites for hydroxylation is 1. The van der Waals surface area contributed by atoms with Crippen molar-refractivity contribution in [1.82, 2.24) is 10.2 Å². The van der Waals surface area contributed by atoms with E-state index in [-0.39, 0.29) is 0 Å². The molecule has 21 heavy (non-hydrogen) atoms. The molecule has 0 spiro atoms. The first-order chi connectivity index (χ1) is 10.2. The topological polar surface area (TPSA) is 33.7 Å². The summed E-state index contributed by atoms with van der Waals surface area (Å²) in [4.78, 5) is 2.60. The number of nitrogens with one attached hydrogen (secondary N) is 1. The minimum atomic E-state index is 0.428. The number of piperazine rings is 1. The Bertz CT molecular complexity index is 469. The lowest BCUT2D eigenvalue weighted by Gasteiger charge is -2.36. The van der Waals surface area contributed by atoms with Gasteiger partial charge in [-0.25, -0.2) is 0 Å². The van der Waals surface area contributed by atoms with Gasteiger partial charge in [0.2, 0.25) is 0 Å². The van der Waals surface area contributed by atoms with Crippen LogP contribution in [0.1, 0.15) is 30.0 Å². The maximum atomic E-state index is 5.70. The van der Waals surface area contributed by atoms with Crippen LogP contribution in [0.3, 0.4) is 0 Å². The maximum absolute atomic E-state index is 5.70. The van der Waals surface area contributed by atoms with Crippen LogP contribution in [0.15, 0.2) is 12.1 Å². The van der Waals surface area contributed by atoms with Gasteiger partial charge in [-0.1, -0.05) is 0 Å². The first-order valence-corrected chi connectivity index (χ1v) is 7.92. The van der Waals surface area contributed by atoms with Crippen molar-refractivity contribution in [3.63, 3.8) is 0 Å². The Kier molecular flexibility index (Phi) is 4.36. The number of nitrogens with zero attached hydrogens (tertiary/aromatic N) is 1. The first-order valence-electron chi connectivity index (χ1n) is 7.92. The highest BCUT2D eigenvalue weighted by atomic mass is 16.5.